The van der Waals surface area contributed by atoms with Gasteiger partial charge in [-0.1, -0.05) is 12.1 Å². The first-order chi connectivity index (χ1) is 14.2. The van der Waals surface area contributed by atoms with Crippen LogP contribution in [0.4, 0.5) is 4.39 Å². The van der Waals surface area contributed by atoms with E-state index in [1.54, 1.807) is 23.5 Å². The highest BCUT2D eigenvalue weighted by molar-refractivity contribution is 7.18. The summed E-state index contributed by atoms with van der Waals surface area (Å²) in [7, 11) is 0. The number of para-hydroxylation sites is 1. The number of aromatic nitrogens is 2. The molecule has 0 unspecified atom stereocenters. The van der Waals surface area contributed by atoms with E-state index >= 15 is 0 Å². The second-order valence-electron chi connectivity index (χ2n) is 7.09. The van der Waals surface area contributed by atoms with Crippen LogP contribution in [0.2, 0.25) is 0 Å². The zero-order valence-corrected chi connectivity index (χ0v) is 17.2. The Balaban J connectivity index is 1.33. The first kappa shape index (κ1) is 18.4. The van der Waals surface area contributed by atoms with E-state index in [0.29, 0.717) is 0 Å². The summed E-state index contributed by atoms with van der Waals surface area (Å²) in [5, 5.41) is 3.73. The third-order valence-corrected chi connectivity index (χ3v) is 7.22. The molecule has 0 radical (unpaired) electrons. The van der Waals surface area contributed by atoms with Crippen LogP contribution in [0.1, 0.15) is 29.6 Å². The molecule has 4 aromatic rings. The minimum atomic E-state index is -0.268. The number of likely N-dealkylation sites (tertiary alicyclic amines) is 1. The first-order valence-corrected chi connectivity index (χ1v) is 11.2. The van der Waals surface area contributed by atoms with Crippen LogP contribution in [-0.2, 0) is 11.2 Å². The number of carbonyl (C=O) groups excluding carboxylic acids is 1. The maximum Gasteiger partial charge on any atom is 0.229 e. The van der Waals surface area contributed by atoms with Crippen LogP contribution in [0.25, 0.3) is 20.8 Å². The third kappa shape index (κ3) is 3.68. The minimum absolute atomic E-state index is 0.0510. The number of rotatable bonds is 4. The highest BCUT2D eigenvalue weighted by atomic mass is 32.1. The zero-order chi connectivity index (χ0) is 19.8. The van der Waals surface area contributed by atoms with E-state index in [9.17, 15) is 9.18 Å². The van der Waals surface area contributed by atoms with Gasteiger partial charge in [-0.05, 0) is 49.2 Å². The number of amides is 1. The smallest absolute Gasteiger partial charge is 0.229 e. The summed E-state index contributed by atoms with van der Waals surface area (Å²) in [5.74, 6) is -0.182. The Kier molecular flexibility index (Phi) is 4.85. The number of halogens is 1. The van der Waals surface area contributed by atoms with Crippen molar-refractivity contribution >= 4 is 38.8 Å². The van der Waals surface area contributed by atoms with Gasteiger partial charge in [0.25, 0.3) is 0 Å². The van der Waals surface area contributed by atoms with Crippen molar-refractivity contribution in [3.05, 3.63) is 70.4 Å². The number of nitrogens with zero attached hydrogens (tertiary/aromatic N) is 3. The van der Waals surface area contributed by atoms with Crippen molar-refractivity contribution in [3.8, 4) is 10.6 Å². The van der Waals surface area contributed by atoms with Gasteiger partial charge < -0.3 is 4.90 Å². The SMILES string of the molecule is O=C(Cc1csc(-c2ccc(F)cc2)n1)N1CCC[C@H]1c1nc2ccccc2s1. The molecule has 1 fully saturated rings. The van der Waals surface area contributed by atoms with Gasteiger partial charge in [0, 0.05) is 17.5 Å². The van der Waals surface area contributed by atoms with E-state index in [4.69, 9.17) is 4.98 Å². The lowest BCUT2D eigenvalue weighted by Gasteiger charge is -2.22. The fourth-order valence-electron chi connectivity index (χ4n) is 3.72. The standard InChI is InChI=1S/C22H18FN3OS2/c23-15-9-7-14(8-10-15)21-24-16(13-28-21)12-20(27)26-11-3-5-18(26)22-25-17-4-1-2-6-19(17)29-22/h1-2,4,6-10,13,18H,3,5,11-12H2/t18-/m0/s1. The van der Waals surface area contributed by atoms with Gasteiger partial charge in [0.2, 0.25) is 5.91 Å². The normalized spacial score (nSPS) is 16.6. The maximum atomic E-state index is 13.1. The molecule has 4 nitrogen and oxygen atoms in total. The Bertz CT molecular complexity index is 1140. The van der Waals surface area contributed by atoms with Crippen LogP contribution in [0, 0.1) is 5.82 Å². The van der Waals surface area contributed by atoms with Gasteiger partial charge in [0.1, 0.15) is 15.8 Å². The molecule has 1 amide bonds. The fourth-order valence-corrected chi connectivity index (χ4v) is 5.67. The largest absolute Gasteiger partial charge is 0.333 e. The van der Waals surface area contributed by atoms with E-state index in [0.717, 1.165) is 50.9 Å². The predicted octanol–water partition coefficient (Wildman–Crippen LogP) is 5.47. The lowest BCUT2D eigenvalue weighted by molar-refractivity contribution is -0.131. The molecule has 7 heteroatoms. The molecule has 2 aromatic heterocycles. The molecule has 0 N–H and O–H groups in total. The van der Waals surface area contributed by atoms with Gasteiger partial charge in [0.15, 0.2) is 0 Å². The van der Waals surface area contributed by atoms with E-state index in [1.165, 1.54) is 23.5 Å². The fraction of sp³-hybridized carbons (Fsp3) is 0.227. The topological polar surface area (TPSA) is 46.1 Å². The van der Waals surface area contributed by atoms with Crippen molar-refractivity contribution in [1.82, 2.24) is 14.9 Å². The van der Waals surface area contributed by atoms with Crippen molar-refractivity contribution in [2.75, 3.05) is 6.54 Å². The summed E-state index contributed by atoms with van der Waals surface area (Å²) in [4.78, 5) is 24.3. The molecule has 1 aliphatic rings. The second kappa shape index (κ2) is 7.65. The molecule has 0 spiro atoms. The van der Waals surface area contributed by atoms with Gasteiger partial charge in [0.05, 0.1) is 28.4 Å². The monoisotopic (exact) mass is 423 g/mol. The quantitative estimate of drug-likeness (QED) is 0.438. The average molecular weight is 424 g/mol. The highest BCUT2D eigenvalue weighted by Gasteiger charge is 2.32. The molecule has 146 valence electrons. The maximum absolute atomic E-state index is 13.1. The molecular formula is C22H18FN3OS2. The number of thiazole rings is 2. The van der Waals surface area contributed by atoms with Gasteiger partial charge in [-0.25, -0.2) is 14.4 Å². The molecule has 0 bridgehead atoms. The van der Waals surface area contributed by atoms with Gasteiger partial charge in [-0.2, -0.15) is 0 Å². The molecule has 2 aromatic carbocycles. The molecule has 5 rings (SSSR count). The van der Waals surface area contributed by atoms with Crippen molar-refractivity contribution in [1.29, 1.82) is 0 Å². The minimum Gasteiger partial charge on any atom is -0.333 e. The van der Waals surface area contributed by atoms with Crippen LogP contribution in [0.3, 0.4) is 0 Å². The third-order valence-electron chi connectivity index (χ3n) is 5.14. The Morgan fingerprint density at radius 3 is 2.79 bits per heavy atom. The van der Waals surface area contributed by atoms with E-state index in [-0.39, 0.29) is 24.2 Å². The van der Waals surface area contributed by atoms with Crippen molar-refractivity contribution in [3.63, 3.8) is 0 Å². The lowest BCUT2D eigenvalue weighted by Crippen LogP contribution is -2.31. The average Bonchev–Trinajstić information content (AvgIpc) is 3.47. The van der Waals surface area contributed by atoms with Gasteiger partial charge in [-0.3, -0.25) is 4.79 Å². The Morgan fingerprint density at radius 1 is 1.14 bits per heavy atom. The number of carbonyl (C=O) groups is 1. The summed E-state index contributed by atoms with van der Waals surface area (Å²) < 4.78 is 14.3. The molecule has 1 saturated heterocycles. The van der Waals surface area contributed by atoms with Crippen LogP contribution in [0.15, 0.2) is 53.9 Å². The van der Waals surface area contributed by atoms with E-state index < -0.39 is 0 Å². The molecule has 1 aliphatic heterocycles. The van der Waals surface area contributed by atoms with Crippen molar-refractivity contribution < 1.29 is 9.18 Å². The summed E-state index contributed by atoms with van der Waals surface area (Å²) in [6.07, 6.45) is 2.22. The van der Waals surface area contributed by atoms with E-state index in [1.807, 2.05) is 28.5 Å². The molecular weight excluding hydrogens is 405 g/mol. The van der Waals surface area contributed by atoms with Gasteiger partial charge >= 0.3 is 0 Å². The Hall–Kier alpha value is -2.64. The summed E-state index contributed by atoms with van der Waals surface area (Å²) >= 11 is 3.15. The van der Waals surface area contributed by atoms with Crippen molar-refractivity contribution in [2.45, 2.75) is 25.3 Å². The Morgan fingerprint density at radius 2 is 1.97 bits per heavy atom. The lowest BCUT2D eigenvalue weighted by atomic mass is 10.2. The summed E-state index contributed by atoms with van der Waals surface area (Å²) in [6, 6.07) is 14.4. The second-order valence-corrected chi connectivity index (χ2v) is 9.01. The molecule has 0 saturated carbocycles. The molecule has 1 atom stereocenters. The molecule has 3 heterocycles. The molecule has 0 aliphatic carbocycles. The number of hydrogen-bond donors (Lipinski definition) is 0. The highest BCUT2D eigenvalue weighted by Crippen LogP contribution is 2.37. The predicted molar refractivity (Wildman–Crippen MR) is 115 cm³/mol. The van der Waals surface area contributed by atoms with Crippen LogP contribution >= 0.6 is 22.7 Å². The first-order valence-electron chi connectivity index (χ1n) is 9.53. The summed E-state index contributed by atoms with van der Waals surface area (Å²) in [6.45, 7) is 0.758. The Labute approximate surface area is 175 Å². The number of fused-ring (bicyclic) bond motifs is 1. The van der Waals surface area contributed by atoms with Crippen molar-refractivity contribution in [2.24, 2.45) is 0 Å². The zero-order valence-electron chi connectivity index (χ0n) is 15.5. The summed E-state index contributed by atoms with van der Waals surface area (Å²) in [5.41, 5.74) is 2.62. The van der Waals surface area contributed by atoms with Gasteiger partial charge in [-0.15, -0.1) is 22.7 Å². The molecule has 29 heavy (non-hydrogen) atoms. The number of hydrogen-bond acceptors (Lipinski definition) is 5. The van der Waals surface area contributed by atoms with Crippen LogP contribution in [-0.4, -0.2) is 27.3 Å². The van der Waals surface area contributed by atoms with Crippen LogP contribution < -0.4 is 0 Å². The van der Waals surface area contributed by atoms with E-state index in [2.05, 4.69) is 11.1 Å². The van der Waals surface area contributed by atoms with Crippen LogP contribution in [0.5, 0.6) is 0 Å². The number of benzene rings is 2.